The standard InChI is InChI=1S/C27H20FN2O/c1-16-10-11-19-20-12-13-22(29-3)25(18-8-6-5-7-9-18)27(20)31-26(19)24(16)23-14-21(28)17(2)15-30(23)4/h5-15H,1-2,4H3/q+1/i2D3. The number of aromatic nitrogens is 1. The summed E-state index contributed by atoms with van der Waals surface area (Å²) in [4.78, 5) is 3.71. The van der Waals surface area contributed by atoms with Gasteiger partial charge in [-0.15, -0.1) is 0 Å². The van der Waals surface area contributed by atoms with Crippen molar-refractivity contribution in [2.45, 2.75) is 13.8 Å². The van der Waals surface area contributed by atoms with Crippen LogP contribution >= 0.6 is 0 Å². The van der Waals surface area contributed by atoms with E-state index in [4.69, 9.17) is 15.1 Å². The lowest BCUT2D eigenvalue weighted by atomic mass is 9.98. The molecule has 0 aliphatic rings. The number of halogens is 1. The number of furan rings is 1. The van der Waals surface area contributed by atoms with E-state index in [2.05, 4.69) is 4.85 Å². The SMILES string of the molecule is [2H]C([2H])([2H])c1c[n+](C)c(-c2c(C)ccc3c2oc2c(-c4ccccc4)c([N+]#[C-])ccc23)cc1F. The topological polar surface area (TPSA) is 21.4 Å². The largest absolute Gasteiger partial charge is 0.456 e. The van der Waals surface area contributed by atoms with Crippen molar-refractivity contribution in [2.75, 3.05) is 0 Å². The maximum absolute atomic E-state index is 14.9. The molecule has 2 aromatic heterocycles. The Morgan fingerprint density at radius 2 is 1.68 bits per heavy atom. The average molecular weight is 410 g/mol. The van der Waals surface area contributed by atoms with Crippen molar-refractivity contribution in [3.8, 4) is 22.4 Å². The zero-order valence-corrected chi connectivity index (χ0v) is 17.0. The molecular formula is C27H20FN2O+. The number of hydrogen-bond acceptors (Lipinski definition) is 1. The molecule has 31 heavy (non-hydrogen) atoms. The lowest BCUT2D eigenvalue weighted by Crippen LogP contribution is -2.31. The Labute approximate surface area is 184 Å². The molecule has 3 aromatic carbocycles. The van der Waals surface area contributed by atoms with Crippen LogP contribution in [0.25, 0.3) is 49.2 Å². The monoisotopic (exact) mass is 410 g/mol. The van der Waals surface area contributed by atoms with E-state index in [-0.39, 0.29) is 5.56 Å². The van der Waals surface area contributed by atoms with Crippen LogP contribution in [0, 0.1) is 26.2 Å². The van der Waals surface area contributed by atoms with Crippen LogP contribution in [0.1, 0.15) is 15.2 Å². The molecule has 4 heteroatoms. The van der Waals surface area contributed by atoms with Gasteiger partial charge in [-0.05, 0) is 24.9 Å². The van der Waals surface area contributed by atoms with E-state index in [1.54, 1.807) is 17.7 Å². The predicted octanol–water partition coefficient (Wildman–Crippen LogP) is 7.05. The van der Waals surface area contributed by atoms with E-state index in [0.29, 0.717) is 33.7 Å². The minimum atomic E-state index is -2.55. The third-order valence-electron chi connectivity index (χ3n) is 5.66. The minimum Gasteiger partial charge on any atom is -0.456 e. The lowest BCUT2D eigenvalue weighted by molar-refractivity contribution is -0.661. The summed E-state index contributed by atoms with van der Waals surface area (Å²) in [5.74, 6) is -0.791. The van der Waals surface area contributed by atoms with Gasteiger partial charge in [-0.2, -0.15) is 0 Å². The zero-order chi connectivity index (χ0) is 24.2. The second-order valence-corrected chi connectivity index (χ2v) is 7.58. The predicted molar refractivity (Wildman–Crippen MR) is 121 cm³/mol. The lowest BCUT2D eigenvalue weighted by Gasteiger charge is -2.06. The fourth-order valence-electron chi connectivity index (χ4n) is 4.16. The molecule has 0 unspecified atom stereocenters. The van der Waals surface area contributed by atoms with E-state index in [9.17, 15) is 4.39 Å². The third-order valence-corrected chi connectivity index (χ3v) is 5.66. The number of fused-ring (bicyclic) bond motifs is 3. The van der Waals surface area contributed by atoms with Gasteiger partial charge in [0.1, 0.15) is 24.0 Å². The van der Waals surface area contributed by atoms with Gasteiger partial charge in [0.15, 0.2) is 11.9 Å². The van der Waals surface area contributed by atoms with Gasteiger partial charge in [-0.1, -0.05) is 54.6 Å². The summed E-state index contributed by atoms with van der Waals surface area (Å²) in [7, 11) is 1.69. The van der Waals surface area contributed by atoms with E-state index >= 15 is 0 Å². The van der Waals surface area contributed by atoms with Crippen molar-refractivity contribution < 1.29 is 17.5 Å². The molecule has 0 aliphatic carbocycles. The number of pyridine rings is 1. The molecule has 0 bridgehead atoms. The summed E-state index contributed by atoms with van der Waals surface area (Å²) in [6.07, 6.45) is 1.31. The highest BCUT2D eigenvalue weighted by molar-refractivity contribution is 6.15. The number of rotatable bonds is 2. The van der Waals surface area contributed by atoms with Gasteiger partial charge in [0.25, 0.3) is 0 Å². The number of benzene rings is 3. The van der Waals surface area contributed by atoms with Gasteiger partial charge in [0.2, 0.25) is 5.69 Å². The van der Waals surface area contributed by atoms with Crippen LogP contribution in [-0.4, -0.2) is 0 Å². The summed E-state index contributed by atoms with van der Waals surface area (Å²) in [5, 5.41) is 1.69. The number of nitrogens with zero attached hydrogens (tertiary/aromatic N) is 2. The molecule has 150 valence electrons. The van der Waals surface area contributed by atoms with Crippen LogP contribution in [-0.2, 0) is 7.05 Å². The summed E-state index contributed by atoms with van der Waals surface area (Å²) in [5.41, 5.74) is 4.91. The highest BCUT2D eigenvalue weighted by atomic mass is 19.1. The Kier molecular flexibility index (Phi) is 3.61. The van der Waals surface area contributed by atoms with Crippen LogP contribution < -0.4 is 4.57 Å². The van der Waals surface area contributed by atoms with Gasteiger partial charge in [0.05, 0.1) is 12.1 Å². The average Bonchev–Trinajstić information content (AvgIpc) is 3.18. The normalized spacial score (nSPS) is 13.0. The van der Waals surface area contributed by atoms with E-state index in [0.717, 1.165) is 21.9 Å². The molecule has 0 spiro atoms. The maximum atomic E-state index is 14.9. The summed E-state index contributed by atoms with van der Waals surface area (Å²) in [6.45, 7) is 7.02. The van der Waals surface area contributed by atoms with Crippen LogP contribution in [0.5, 0.6) is 0 Å². The Balaban J connectivity index is 1.87. The Hall–Kier alpha value is -3.97. The van der Waals surface area contributed by atoms with Crippen molar-refractivity contribution in [3.05, 3.63) is 95.2 Å². The van der Waals surface area contributed by atoms with E-state index in [1.807, 2.05) is 55.5 Å². The van der Waals surface area contributed by atoms with Gasteiger partial charge in [-0.25, -0.2) is 13.8 Å². The first-order valence-electron chi connectivity index (χ1n) is 11.3. The van der Waals surface area contributed by atoms with Crippen molar-refractivity contribution in [3.63, 3.8) is 0 Å². The van der Waals surface area contributed by atoms with Crippen LogP contribution in [0.2, 0.25) is 0 Å². The highest BCUT2D eigenvalue weighted by Gasteiger charge is 2.24. The molecule has 5 aromatic rings. The fraction of sp³-hybridized carbons (Fsp3) is 0.111. The van der Waals surface area contributed by atoms with Gasteiger partial charge in [0, 0.05) is 32.1 Å². The van der Waals surface area contributed by atoms with Gasteiger partial charge in [-0.3, -0.25) is 0 Å². The summed E-state index contributed by atoms with van der Waals surface area (Å²) >= 11 is 0. The second kappa shape index (κ2) is 7.07. The van der Waals surface area contributed by atoms with Crippen LogP contribution in [0.4, 0.5) is 10.1 Å². The summed E-state index contributed by atoms with van der Waals surface area (Å²) < 4.78 is 45.8. The van der Waals surface area contributed by atoms with Crippen LogP contribution in [0.3, 0.4) is 0 Å². The summed E-state index contributed by atoms with van der Waals surface area (Å²) in [6, 6.07) is 18.4. The molecule has 0 fully saturated rings. The molecule has 0 amide bonds. The van der Waals surface area contributed by atoms with Crippen molar-refractivity contribution in [1.29, 1.82) is 0 Å². The quantitative estimate of drug-likeness (QED) is 0.226. The number of aryl methyl sites for hydroxylation is 3. The molecule has 2 heterocycles. The highest BCUT2D eigenvalue weighted by Crippen LogP contribution is 2.44. The second-order valence-electron chi connectivity index (χ2n) is 7.58. The van der Waals surface area contributed by atoms with Gasteiger partial charge >= 0.3 is 0 Å². The van der Waals surface area contributed by atoms with E-state index in [1.165, 1.54) is 12.3 Å². The molecule has 0 N–H and O–H groups in total. The van der Waals surface area contributed by atoms with Crippen molar-refractivity contribution in [2.24, 2.45) is 7.05 Å². The molecule has 0 radical (unpaired) electrons. The smallest absolute Gasteiger partial charge is 0.219 e. The molecule has 3 nitrogen and oxygen atoms in total. The molecule has 0 aliphatic heterocycles. The van der Waals surface area contributed by atoms with E-state index < -0.39 is 12.7 Å². The molecule has 0 saturated heterocycles. The zero-order valence-electron chi connectivity index (χ0n) is 20.0. The fourth-order valence-corrected chi connectivity index (χ4v) is 4.16. The Morgan fingerprint density at radius 3 is 2.39 bits per heavy atom. The first kappa shape index (κ1) is 15.8. The maximum Gasteiger partial charge on any atom is 0.219 e. The Morgan fingerprint density at radius 1 is 0.968 bits per heavy atom. The third kappa shape index (κ3) is 2.90. The van der Waals surface area contributed by atoms with Crippen molar-refractivity contribution >= 4 is 27.6 Å². The minimum absolute atomic E-state index is 0.332. The molecule has 5 rings (SSSR count). The van der Waals surface area contributed by atoms with Crippen molar-refractivity contribution in [1.82, 2.24) is 0 Å². The number of hydrogen-bond donors (Lipinski definition) is 0. The first-order valence-corrected chi connectivity index (χ1v) is 9.82. The first-order chi connectivity index (χ1) is 16.2. The van der Waals surface area contributed by atoms with Gasteiger partial charge < -0.3 is 4.42 Å². The molecule has 0 atom stereocenters. The Bertz CT molecular complexity index is 1630. The molecular weight excluding hydrogens is 387 g/mol. The molecule has 0 saturated carbocycles. The van der Waals surface area contributed by atoms with Crippen LogP contribution in [0.15, 0.2) is 71.3 Å².